The first-order valence-corrected chi connectivity index (χ1v) is 7.55. The average Bonchev–Trinajstić information content (AvgIpc) is 3.12. The lowest BCUT2D eigenvalue weighted by Crippen LogP contribution is -2.32. The van der Waals surface area contributed by atoms with Crippen molar-refractivity contribution in [2.75, 3.05) is 43.9 Å². The molecule has 3 rings (SSSR count). The highest BCUT2D eigenvalue weighted by molar-refractivity contribution is 5.84. The monoisotopic (exact) mass is 289 g/mol. The molecule has 1 unspecified atom stereocenters. The number of H-pyrrole nitrogens is 1. The molecule has 1 saturated heterocycles. The van der Waals surface area contributed by atoms with Crippen LogP contribution in [0.3, 0.4) is 0 Å². The van der Waals surface area contributed by atoms with Gasteiger partial charge in [-0.15, -0.1) is 0 Å². The quantitative estimate of drug-likeness (QED) is 0.865. The second-order valence-corrected chi connectivity index (χ2v) is 5.75. The number of nitrogens with zero attached hydrogens (tertiary/aromatic N) is 5. The van der Waals surface area contributed by atoms with E-state index in [1.807, 2.05) is 0 Å². The molecule has 7 nitrogen and oxygen atoms in total. The number of aromatic amines is 1. The van der Waals surface area contributed by atoms with Gasteiger partial charge in [-0.25, -0.2) is 4.98 Å². The molecule has 2 N–H and O–H groups in total. The van der Waals surface area contributed by atoms with Crippen molar-refractivity contribution in [3.8, 4) is 0 Å². The molecule has 0 bridgehead atoms. The van der Waals surface area contributed by atoms with Crippen molar-refractivity contribution in [2.24, 2.45) is 0 Å². The molecule has 0 aliphatic carbocycles. The van der Waals surface area contributed by atoms with Crippen LogP contribution in [0.15, 0.2) is 6.33 Å². The van der Waals surface area contributed by atoms with E-state index < -0.39 is 0 Å². The van der Waals surface area contributed by atoms with Gasteiger partial charge in [-0.3, -0.25) is 0 Å². The number of rotatable bonds is 5. The summed E-state index contributed by atoms with van der Waals surface area (Å²) in [5.41, 5.74) is 1.66. The summed E-state index contributed by atoms with van der Waals surface area (Å²) in [5, 5.41) is 3.26. The van der Waals surface area contributed by atoms with E-state index in [9.17, 15) is 0 Å². The Bertz CT molecular complexity index is 606. The second kappa shape index (κ2) is 5.85. The zero-order valence-corrected chi connectivity index (χ0v) is 12.9. The molecule has 0 aromatic carbocycles. The predicted octanol–water partition coefficient (Wildman–Crippen LogP) is 1.32. The fraction of sp³-hybridized carbons (Fsp3) is 0.643. The molecule has 1 aliphatic rings. The smallest absolute Gasteiger partial charge is 0.226 e. The normalized spacial score (nSPS) is 18.9. The third kappa shape index (κ3) is 2.78. The Kier molecular flexibility index (Phi) is 3.92. The van der Waals surface area contributed by atoms with Crippen LogP contribution in [0.4, 0.5) is 11.8 Å². The standard InChI is InChI=1S/C14H23N7/c1-4-6-15-14-18-12-11(16-9-17-12)13(19-14)21-7-5-10(8-21)20(2)3/h9-10H,4-8H2,1-3H3,(H2,15,16,17,18,19). The average molecular weight is 289 g/mol. The Morgan fingerprint density at radius 1 is 1.43 bits per heavy atom. The van der Waals surface area contributed by atoms with Gasteiger partial charge in [0.05, 0.1) is 6.33 Å². The number of fused-ring (bicyclic) bond motifs is 1. The zero-order chi connectivity index (χ0) is 14.8. The van der Waals surface area contributed by atoms with Gasteiger partial charge in [0.25, 0.3) is 0 Å². The Morgan fingerprint density at radius 3 is 3.00 bits per heavy atom. The van der Waals surface area contributed by atoms with E-state index >= 15 is 0 Å². The van der Waals surface area contributed by atoms with Crippen molar-refractivity contribution in [3.63, 3.8) is 0 Å². The van der Waals surface area contributed by atoms with Crippen LogP contribution in [0.25, 0.3) is 11.2 Å². The summed E-state index contributed by atoms with van der Waals surface area (Å²) in [6.07, 6.45) is 3.89. The van der Waals surface area contributed by atoms with Gasteiger partial charge in [-0.2, -0.15) is 9.97 Å². The van der Waals surface area contributed by atoms with Crippen LogP contribution in [0, 0.1) is 0 Å². The van der Waals surface area contributed by atoms with Crippen molar-refractivity contribution in [1.82, 2.24) is 24.8 Å². The van der Waals surface area contributed by atoms with E-state index in [1.54, 1.807) is 6.33 Å². The summed E-state index contributed by atoms with van der Waals surface area (Å²) in [6, 6.07) is 0.574. The van der Waals surface area contributed by atoms with Gasteiger partial charge < -0.3 is 20.1 Å². The predicted molar refractivity (Wildman–Crippen MR) is 84.8 cm³/mol. The molecule has 21 heavy (non-hydrogen) atoms. The number of hydrogen-bond donors (Lipinski definition) is 2. The Labute approximate surface area is 124 Å². The largest absolute Gasteiger partial charge is 0.354 e. The topological polar surface area (TPSA) is 73.0 Å². The summed E-state index contributed by atoms with van der Waals surface area (Å²) in [5.74, 6) is 1.63. The number of nitrogens with one attached hydrogen (secondary N) is 2. The Hall–Kier alpha value is -1.89. The molecule has 2 aromatic heterocycles. The first-order chi connectivity index (χ1) is 10.2. The number of imidazole rings is 1. The summed E-state index contributed by atoms with van der Waals surface area (Å²) in [4.78, 5) is 21.2. The number of aromatic nitrogens is 4. The highest BCUT2D eigenvalue weighted by Gasteiger charge is 2.27. The molecule has 0 radical (unpaired) electrons. The van der Waals surface area contributed by atoms with Crippen LogP contribution in [0.2, 0.25) is 0 Å². The van der Waals surface area contributed by atoms with E-state index in [0.717, 1.165) is 49.5 Å². The van der Waals surface area contributed by atoms with Crippen LogP contribution < -0.4 is 10.2 Å². The van der Waals surface area contributed by atoms with Crippen molar-refractivity contribution >= 4 is 22.9 Å². The van der Waals surface area contributed by atoms with Crippen LogP contribution in [-0.4, -0.2) is 64.6 Å². The van der Waals surface area contributed by atoms with Crippen LogP contribution in [0.5, 0.6) is 0 Å². The summed E-state index contributed by atoms with van der Waals surface area (Å²) in [7, 11) is 4.27. The third-order valence-corrected chi connectivity index (χ3v) is 3.99. The SMILES string of the molecule is CCCNc1nc(N2CCC(N(C)C)C2)c2[nH]cnc2n1. The van der Waals surface area contributed by atoms with Gasteiger partial charge in [-0.1, -0.05) is 6.92 Å². The molecule has 1 fully saturated rings. The molecule has 1 aliphatic heterocycles. The van der Waals surface area contributed by atoms with Crippen molar-refractivity contribution in [2.45, 2.75) is 25.8 Å². The minimum absolute atomic E-state index is 0.574. The van der Waals surface area contributed by atoms with Gasteiger partial charge in [0.2, 0.25) is 5.95 Å². The van der Waals surface area contributed by atoms with Gasteiger partial charge in [0.1, 0.15) is 5.52 Å². The van der Waals surface area contributed by atoms with Gasteiger partial charge in [-0.05, 0) is 26.9 Å². The summed E-state index contributed by atoms with van der Waals surface area (Å²) in [6.45, 7) is 5.01. The lowest BCUT2D eigenvalue weighted by molar-refractivity contribution is 0.315. The number of anilines is 2. The minimum Gasteiger partial charge on any atom is -0.354 e. The van der Waals surface area contributed by atoms with E-state index in [2.05, 4.69) is 51.1 Å². The molecule has 1 atom stereocenters. The van der Waals surface area contributed by atoms with Gasteiger partial charge >= 0.3 is 0 Å². The van der Waals surface area contributed by atoms with Crippen molar-refractivity contribution in [3.05, 3.63) is 6.33 Å². The Balaban J connectivity index is 1.91. The molecular weight excluding hydrogens is 266 g/mol. The van der Waals surface area contributed by atoms with Gasteiger partial charge in [0.15, 0.2) is 11.5 Å². The first kappa shape index (κ1) is 14.1. The second-order valence-electron chi connectivity index (χ2n) is 5.75. The molecule has 3 heterocycles. The maximum Gasteiger partial charge on any atom is 0.226 e. The maximum absolute atomic E-state index is 4.70. The van der Waals surface area contributed by atoms with E-state index in [1.165, 1.54) is 0 Å². The van der Waals surface area contributed by atoms with Crippen LogP contribution in [0.1, 0.15) is 19.8 Å². The third-order valence-electron chi connectivity index (χ3n) is 3.99. The fourth-order valence-electron chi connectivity index (χ4n) is 2.72. The van der Waals surface area contributed by atoms with Crippen molar-refractivity contribution in [1.29, 1.82) is 0 Å². The van der Waals surface area contributed by atoms with Crippen LogP contribution in [-0.2, 0) is 0 Å². The lowest BCUT2D eigenvalue weighted by atomic mass is 10.2. The lowest BCUT2D eigenvalue weighted by Gasteiger charge is -2.21. The van der Waals surface area contributed by atoms with Crippen molar-refractivity contribution < 1.29 is 0 Å². The first-order valence-electron chi connectivity index (χ1n) is 7.55. The summed E-state index contributed by atoms with van der Waals surface area (Å²) < 4.78 is 0. The summed E-state index contributed by atoms with van der Waals surface area (Å²) >= 11 is 0. The molecule has 7 heteroatoms. The van der Waals surface area contributed by atoms with E-state index in [0.29, 0.717) is 12.0 Å². The Morgan fingerprint density at radius 2 is 2.29 bits per heavy atom. The zero-order valence-electron chi connectivity index (χ0n) is 12.9. The molecule has 114 valence electrons. The molecular formula is C14H23N7. The molecule has 0 amide bonds. The minimum atomic E-state index is 0.574. The molecule has 0 spiro atoms. The highest BCUT2D eigenvalue weighted by Crippen LogP contribution is 2.26. The molecule has 0 saturated carbocycles. The molecule has 2 aromatic rings. The van der Waals surface area contributed by atoms with Gasteiger partial charge in [0, 0.05) is 25.7 Å². The highest BCUT2D eigenvalue weighted by atomic mass is 15.3. The van der Waals surface area contributed by atoms with Crippen LogP contribution >= 0.6 is 0 Å². The van der Waals surface area contributed by atoms with E-state index in [4.69, 9.17) is 4.98 Å². The number of likely N-dealkylation sites (N-methyl/N-ethyl adjacent to an activating group) is 1. The number of hydrogen-bond acceptors (Lipinski definition) is 6. The fourth-order valence-corrected chi connectivity index (χ4v) is 2.72. The van der Waals surface area contributed by atoms with E-state index in [-0.39, 0.29) is 0 Å². The maximum atomic E-state index is 4.70.